The highest BCUT2D eigenvalue weighted by Crippen LogP contribution is 2.25. The summed E-state index contributed by atoms with van der Waals surface area (Å²) in [5.41, 5.74) is 0. The molecular formula is C13H21NO5S. The first-order chi connectivity index (χ1) is 9.40. The molecule has 1 N–H and O–H groups in total. The van der Waals surface area contributed by atoms with Gasteiger partial charge in [0.2, 0.25) is 5.91 Å². The predicted molar refractivity (Wildman–Crippen MR) is 73.0 cm³/mol. The molecule has 0 radical (unpaired) electrons. The Labute approximate surface area is 119 Å². The van der Waals surface area contributed by atoms with Gasteiger partial charge in [-0.15, -0.1) is 0 Å². The minimum absolute atomic E-state index is 0.0968. The number of carbonyl (C=O) groups excluding carboxylic acids is 1. The van der Waals surface area contributed by atoms with Gasteiger partial charge in [-0.3, -0.25) is 9.59 Å². The molecule has 1 unspecified atom stereocenters. The molecule has 114 valence electrons. The van der Waals surface area contributed by atoms with E-state index >= 15 is 0 Å². The van der Waals surface area contributed by atoms with Crippen molar-refractivity contribution in [1.29, 1.82) is 0 Å². The van der Waals surface area contributed by atoms with Gasteiger partial charge in [0, 0.05) is 19.5 Å². The van der Waals surface area contributed by atoms with Crippen molar-refractivity contribution < 1.29 is 23.1 Å². The minimum Gasteiger partial charge on any atom is -0.481 e. The zero-order chi connectivity index (χ0) is 14.8. The number of carbonyl (C=O) groups is 2. The molecule has 0 bridgehead atoms. The lowest BCUT2D eigenvalue weighted by Gasteiger charge is -2.34. The van der Waals surface area contributed by atoms with Gasteiger partial charge in [0.1, 0.15) is 5.25 Å². The van der Waals surface area contributed by atoms with Gasteiger partial charge in [-0.2, -0.15) is 0 Å². The quantitative estimate of drug-likeness (QED) is 0.827. The Morgan fingerprint density at radius 3 is 2.30 bits per heavy atom. The van der Waals surface area contributed by atoms with E-state index in [4.69, 9.17) is 5.11 Å². The van der Waals surface area contributed by atoms with Crippen LogP contribution in [0, 0.1) is 5.92 Å². The van der Waals surface area contributed by atoms with Crippen molar-refractivity contribution >= 4 is 21.7 Å². The van der Waals surface area contributed by atoms with Crippen molar-refractivity contribution in [3.63, 3.8) is 0 Å². The molecule has 1 atom stereocenters. The number of likely N-dealkylation sites (tertiary alicyclic amines) is 1. The molecule has 1 amide bonds. The molecule has 7 heteroatoms. The van der Waals surface area contributed by atoms with E-state index in [0.29, 0.717) is 38.8 Å². The van der Waals surface area contributed by atoms with Crippen LogP contribution in [0.5, 0.6) is 0 Å². The fourth-order valence-electron chi connectivity index (χ4n) is 3.04. The Bertz CT molecular complexity index is 479. The highest BCUT2D eigenvalue weighted by atomic mass is 32.2. The largest absolute Gasteiger partial charge is 0.481 e. The van der Waals surface area contributed by atoms with Gasteiger partial charge in [-0.1, -0.05) is 6.42 Å². The number of amides is 1. The van der Waals surface area contributed by atoms with Crippen LogP contribution >= 0.6 is 0 Å². The van der Waals surface area contributed by atoms with Crippen LogP contribution in [-0.4, -0.2) is 54.4 Å². The molecule has 0 saturated carbocycles. The summed E-state index contributed by atoms with van der Waals surface area (Å²) in [6.45, 7) is 0.950. The Morgan fingerprint density at radius 2 is 1.75 bits per heavy atom. The number of piperidine rings is 1. The molecule has 2 rings (SSSR count). The van der Waals surface area contributed by atoms with E-state index in [1.807, 2.05) is 0 Å². The van der Waals surface area contributed by atoms with Crippen molar-refractivity contribution in [3.05, 3.63) is 0 Å². The highest BCUT2D eigenvalue weighted by Gasteiger charge is 2.38. The van der Waals surface area contributed by atoms with Crippen LogP contribution in [0.3, 0.4) is 0 Å². The van der Waals surface area contributed by atoms with Crippen molar-refractivity contribution in [2.24, 2.45) is 5.92 Å². The Kier molecular flexibility index (Phi) is 4.67. The number of carboxylic acid groups (broad SMARTS) is 1. The first kappa shape index (κ1) is 15.3. The summed E-state index contributed by atoms with van der Waals surface area (Å²) in [5.74, 6) is -0.888. The molecule has 0 aromatic rings. The maximum absolute atomic E-state index is 12.3. The van der Waals surface area contributed by atoms with Crippen LogP contribution in [0.1, 0.15) is 38.5 Å². The Morgan fingerprint density at radius 1 is 1.10 bits per heavy atom. The Balaban J connectivity index is 1.93. The molecule has 2 aliphatic heterocycles. The molecule has 2 fully saturated rings. The van der Waals surface area contributed by atoms with Gasteiger partial charge in [0.25, 0.3) is 0 Å². The fraction of sp³-hybridized carbons (Fsp3) is 0.846. The van der Waals surface area contributed by atoms with Gasteiger partial charge in [0.15, 0.2) is 9.84 Å². The van der Waals surface area contributed by atoms with Crippen LogP contribution in [0.15, 0.2) is 0 Å². The third-order valence-corrected chi connectivity index (χ3v) is 6.41. The number of sulfone groups is 1. The molecule has 0 aromatic carbocycles. The van der Waals surface area contributed by atoms with E-state index in [0.717, 1.165) is 6.42 Å². The number of nitrogens with zero attached hydrogens (tertiary/aromatic N) is 1. The number of hydrogen-bond donors (Lipinski definition) is 1. The minimum atomic E-state index is -3.29. The molecule has 2 heterocycles. The van der Waals surface area contributed by atoms with Crippen molar-refractivity contribution in [2.75, 3.05) is 18.8 Å². The zero-order valence-corrected chi connectivity index (χ0v) is 12.3. The van der Waals surface area contributed by atoms with Gasteiger partial charge < -0.3 is 10.0 Å². The highest BCUT2D eigenvalue weighted by molar-refractivity contribution is 7.92. The molecule has 2 aliphatic rings. The average Bonchev–Trinajstić information content (AvgIpc) is 2.37. The summed E-state index contributed by atoms with van der Waals surface area (Å²) < 4.78 is 23.9. The summed E-state index contributed by atoms with van der Waals surface area (Å²) in [5, 5.41) is 7.89. The van der Waals surface area contributed by atoms with Gasteiger partial charge in [-0.05, 0) is 31.6 Å². The Hall–Kier alpha value is -1.11. The third-order valence-electron chi connectivity index (χ3n) is 4.24. The molecule has 0 spiro atoms. The normalized spacial score (nSPS) is 27.2. The SMILES string of the molecule is O=C(O)CC1CCN(C(=O)C2CCCCS2(=O)=O)CC1. The van der Waals surface area contributed by atoms with Crippen LogP contribution < -0.4 is 0 Å². The third kappa shape index (κ3) is 3.50. The summed E-state index contributed by atoms with van der Waals surface area (Å²) in [6.07, 6.45) is 3.27. The van der Waals surface area contributed by atoms with E-state index < -0.39 is 21.1 Å². The number of aliphatic carboxylic acids is 1. The summed E-state index contributed by atoms with van der Waals surface area (Å²) in [6, 6.07) is 0. The van der Waals surface area contributed by atoms with E-state index in [-0.39, 0.29) is 24.0 Å². The zero-order valence-electron chi connectivity index (χ0n) is 11.5. The lowest BCUT2D eigenvalue weighted by Crippen LogP contribution is -2.48. The van der Waals surface area contributed by atoms with Crippen LogP contribution in [-0.2, 0) is 19.4 Å². The van der Waals surface area contributed by atoms with Crippen LogP contribution in [0.2, 0.25) is 0 Å². The van der Waals surface area contributed by atoms with Crippen molar-refractivity contribution in [3.8, 4) is 0 Å². The summed E-state index contributed by atoms with van der Waals surface area (Å²) in [4.78, 5) is 24.6. The lowest BCUT2D eigenvalue weighted by atomic mass is 9.93. The molecular weight excluding hydrogens is 282 g/mol. The second kappa shape index (κ2) is 6.11. The first-order valence-corrected chi connectivity index (χ1v) is 8.84. The summed E-state index contributed by atoms with van der Waals surface area (Å²) in [7, 11) is -3.29. The van der Waals surface area contributed by atoms with Gasteiger partial charge in [0.05, 0.1) is 5.75 Å². The van der Waals surface area contributed by atoms with Crippen molar-refractivity contribution in [2.45, 2.75) is 43.8 Å². The van der Waals surface area contributed by atoms with Crippen LogP contribution in [0.25, 0.3) is 0 Å². The van der Waals surface area contributed by atoms with Crippen molar-refractivity contribution in [1.82, 2.24) is 4.90 Å². The van der Waals surface area contributed by atoms with Gasteiger partial charge in [-0.25, -0.2) is 8.42 Å². The first-order valence-electron chi connectivity index (χ1n) is 7.12. The van der Waals surface area contributed by atoms with E-state index in [2.05, 4.69) is 0 Å². The van der Waals surface area contributed by atoms with Gasteiger partial charge >= 0.3 is 5.97 Å². The maximum Gasteiger partial charge on any atom is 0.303 e. The predicted octanol–water partition coefficient (Wildman–Crippen LogP) is 0.667. The average molecular weight is 303 g/mol. The van der Waals surface area contributed by atoms with Crippen LogP contribution in [0.4, 0.5) is 0 Å². The topological polar surface area (TPSA) is 91.8 Å². The lowest BCUT2D eigenvalue weighted by molar-refractivity contribution is -0.138. The smallest absolute Gasteiger partial charge is 0.303 e. The molecule has 0 aliphatic carbocycles. The fourth-order valence-corrected chi connectivity index (χ4v) is 4.91. The standard InChI is InChI=1S/C13H21NO5S/c15-12(16)9-10-4-6-14(7-5-10)13(17)11-3-1-2-8-20(11,18)19/h10-11H,1-9H2,(H,15,16). The maximum atomic E-state index is 12.3. The second-order valence-corrected chi connectivity index (χ2v) is 8.02. The van der Waals surface area contributed by atoms with E-state index in [1.165, 1.54) is 0 Å². The van der Waals surface area contributed by atoms with E-state index in [1.54, 1.807) is 4.90 Å². The molecule has 2 saturated heterocycles. The molecule has 20 heavy (non-hydrogen) atoms. The number of hydrogen-bond acceptors (Lipinski definition) is 4. The molecule has 0 aromatic heterocycles. The number of rotatable bonds is 3. The second-order valence-electron chi connectivity index (χ2n) is 5.72. The number of carboxylic acids is 1. The molecule has 6 nitrogen and oxygen atoms in total. The summed E-state index contributed by atoms with van der Waals surface area (Å²) >= 11 is 0. The van der Waals surface area contributed by atoms with E-state index in [9.17, 15) is 18.0 Å². The monoisotopic (exact) mass is 303 g/mol.